The van der Waals surface area contributed by atoms with Gasteiger partial charge < -0.3 is 10.4 Å². The van der Waals surface area contributed by atoms with E-state index in [0.717, 1.165) is 29.1 Å². The average Bonchev–Trinajstić information content (AvgIpc) is 2.79. The second kappa shape index (κ2) is 6.43. The Morgan fingerprint density at radius 2 is 1.86 bits per heavy atom. The van der Waals surface area contributed by atoms with Crippen LogP contribution in [0.1, 0.15) is 28.7 Å². The van der Waals surface area contributed by atoms with Crippen molar-refractivity contribution in [3.05, 3.63) is 41.2 Å². The number of aromatic nitrogens is 2. The molecule has 1 aromatic carbocycles. The number of nitrogens with one attached hydrogen (secondary N) is 1. The van der Waals surface area contributed by atoms with Gasteiger partial charge in [0.05, 0.1) is 5.69 Å². The van der Waals surface area contributed by atoms with E-state index in [1.54, 1.807) is 12.1 Å². The van der Waals surface area contributed by atoms with Crippen molar-refractivity contribution in [3.63, 3.8) is 0 Å². The van der Waals surface area contributed by atoms with E-state index in [4.69, 9.17) is 5.11 Å². The Morgan fingerprint density at radius 3 is 2.36 bits per heavy atom. The van der Waals surface area contributed by atoms with Gasteiger partial charge in [0.25, 0.3) is 5.91 Å². The number of carbonyl (C=O) groups is 2. The highest BCUT2D eigenvalue weighted by Crippen LogP contribution is 2.27. The molecule has 2 aromatic rings. The molecule has 0 fully saturated rings. The number of benzene rings is 1. The molecule has 0 aliphatic rings. The lowest BCUT2D eigenvalue weighted by atomic mass is 10.0. The summed E-state index contributed by atoms with van der Waals surface area (Å²) in [6.07, 6.45) is 0. The van der Waals surface area contributed by atoms with E-state index in [0.29, 0.717) is 5.56 Å². The number of hydrogen-bond acceptors (Lipinski definition) is 3. The summed E-state index contributed by atoms with van der Waals surface area (Å²) in [5.74, 6) is -1.46. The van der Waals surface area contributed by atoms with Crippen molar-refractivity contribution in [2.24, 2.45) is 0 Å². The van der Waals surface area contributed by atoms with Crippen LogP contribution >= 0.6 is 0 Å². The van der Waals surface area contributed by atoms with Crippen molar-refractivity contribution in [2.75, 3.05) is 6.54 Å². The Kier molecular flexibility index (Phi) is 4.60. The second-order valence-corrected chi connectivity index (χ2v) is 5.02. The van der Waals surface area contributed by atoms with E-state index in [-0.39, 0.29) is 6.54 Å². The van der Waals surface area contributed by atoms with Crippen molar-refractivity contribution < 1.29 is 14.7 Å². The van der Waals surface area contributed by atoms with Crippen LogP contribution in [-0.2, 0) is 11.3 Å². The van der Waals surface area contributed by atoms with Gasteiger partial charge in [-0.05, 0) is 38.5 Å². The zero-order valence-electron chi connectivity index (χ0n) is 12.9. The lowest BCUT2D eigenvalue weighted by Crippen LogP contribution is -2.29. The minimum atomic E-state index is -1.07. The molecule has 0 radical (unpaired) electrons. The number of aryl methyl sites for hydroxylation is 2. The third-order valence-electron chi connectivity index (χ3n) is 3.52. The van der Waals surface area contributed by atoms with Crippen LogP contribution in [0, 0.1) is 13.8 Å². The highest BCUT2D eigenvalue weighted by molar-refractivity contribution is 5.96. The monoisotopic (exact) mass is 301 g/mol. The summed E-state index contributed by atoms with van der Waals surface area (Å²) in [6, 6.07) is 7.09. The fraction of sp³-hybridized carbons (Fsp3) is 0.312. The van der Waals surface area contributed by atoms with Crippen molar-refractivity contribution >= 4 is 11.9 Å². The summed E-state index contributed by atoms with van der Waals surface area (Å²) in [7, 11) is 0. The maximum absolute atomic E-state index is 11.8. The van der Waals surface area contributed by atoms with Crippen molar-refractivity contribution in [1.82, 2.24) is 15.1 Å². The van der Waals surface area contributed by atoms with Crippen LogP contribution in [0.2, 0.25) is 0 Å². The fourth-order valence-electron chi connectivity index (χ4n) is 2.47. The number of nitrogens with zero attached hydrogens (tertiary/aromatic N) is 2. The normalized spacial score (nSPS) is 10.5. The molecule has 0 atom stereocenters. The number of carbonyl (C=O) groups excluding carboxylic acids is 1. The zero-order valence-corrected chi connectivity index (χ0v) is 12.9. The van der Waals surface area contributed by atoms with Gasteiger partial charge in [-0.2, -0.15) is 5.10 Å². The minimum Gasteiger partial charge on any atom is -0.480 e. The zero-order chi connectivity index (χ0) is 16.3. The van der Waals surface area contributed by atoms with Gasteiger partial charge >= 0.3 is 5.97 Å². The standard InChI is InChI=1S/C16H19N3O3/c1-4-19-11(3)15(10(2)18-19)12-5-7-13(8-6-12)16(22)17-9-14(20)21/h5-8H,4,9H2,1-3H3,(H,17,22)(H,20,21). The average molecular weight is 301 g/mol. The van der Waals surface area contributed by atoms with Crippen LogP contribution < -0.4 is 5.32 Å². The first kappa shape index (κ1) is 15.8. The first-order valence-electron chi connectivity index (χ1n) is 7.08. The van der Waals surface area contributed by atoms with Gasteiger partial charge in [-0.3, -0.25) is 14.3 Å². The van der Waals surface area contributed by atoms with Gasteiger partial charge in [0.15, 0.2) is 0 Å². The molecule has 22 heavy (non-hydrogen) atoms. The quantitative estimate of drug-likeness (QED) is 0.884. The molecule has 6 heteroatoms. The number of rotatable bonds is 5. The van der Waals surface area contributed by atoms with Crippen molar-refractivity contribution in [1.29, 1.82) is 0 Å². The van der Waals surface area contributed by atoms with Crippen molar-refractivity contribution in [2.45, 2.75) is 27.3 Å². The van der Waals surface area contributed by atoms with Gasteiger partial charge in [0.2, 0.25) is 0 Å². The van der Waals surface area contributed by atoms with Crippen LogP contribution in [0.3, 0.4) is 0 Å². The summed E-state index contributed by atoms with van der Waals surface area (Å²) in [4.78, 5) is 22.2. The molecule has 6 nitrogen and oxygen atoms in total. The molecule has 0 saturated carbocycles. The molecule has 116 valence electrons. The van der Waals surface area contributed by atoms with Gasteiger partial charge in [-0.15, -0.1) is 0 Å². The Bertz CT molecular complexity index is 702. The smallest absolute Gasteiger partial charge is 0.322 e. The summed E-state index contributed by atoms with van der Waals surface area (Å²) < 4.78 is 1.94. The molecular formula is C16H19N3O3. The van der Waals surface area contributed by atoms with Crippen LogP contribution in [0.4, 0.5) is 0 Å². The molecule has 2 rings (SSSR count). The van der Waals surface area contributed by atoms with E-state index in [2.05, 4.69) is 10.4 Å². The second-order valence-electron chi connectivity index (χ2n) is 5.02. The predicted molar refractivity (Wildman–Crippen MR) is 82.8 cm³/mol. The van der Waals surface area contributed by atoms with Crippen LogP contribution in [0.5, 0.6) is 0 Å². The molecule has 0 spiro atoms. The van der Waals surface area contributed by atoms with Gasteiger partial charge in [-0.1, -0.05) is 12.1 Å². The number of hydrogen-bond donors (Lipinski definition) is 2. The summed E-state index contributed by atoms with van der Waals surface area (Å²) in [6.45, 7) is 6.44. The summed E-state index contributed by atoms with van der Waals surface area (Å²) >= 11 is 0. The van der Waals surface area contributed by atoms with E-state index in [1.807, 2.05) is 37.6 Å². The first-order valence-corrected chi connectivity index (χ1v) is 7.08. The maximum atomic E-state index is 11.8. The van der Waals surface area contributed by atoms with E-state index >= 15 is 0 Å². The molecule has 0 bridgehead atoms. The topological polar surface area (TPSA) is 84.2 Å². The molecule has 0 unspecified atom stereocenters. The largest absolute Gasteiger partial charge is 0.480 e. The van der Waals surface area contributed by atoms with E-state index in [9.17, 15) is 9.59 Å². The molecule has 0 aliphatic carbocycles. The third-order valence-corrected chi connectivity index (χ3v) is 3.52. The molecule has 1 amide bonds. The molecule has 1 heterocycles. The number of carboxylic acid groups (broad SMARTS) is 1. The Morgan fingerprint density at radius 1 is 1.23 bits per heavy atom. The highest BCUT2D eigenvalue weighted by atomic mass is 16.4. The lowest BCUT2D eigenvalue weighted by molar-refractivity contribution is -0.135. The molecule has 1 aromatic heterocycles. The molecule has 0 aliphatic heterocycles. The minimum absolute atomic E-state index is 0.387. The highest BCUT2D eigenvalue weighted by Gasteiger charge is 2.13. The third kappa shape index (κ3) is 3.16. The van der Waals surface area contributed by atoms with Gasteiger partial charge in [-0.25, -0.2) is 0 Å². The molecule has 2 N–H and O–H groups in total. The fourth-order valence-corrected chi connectivity index (χ4v) is 2.47. The van der Waals surface area contributed by atoms with Crippen molar-refractivity contribution in [3.8, 4) is 11.1 Å². The van der Waals surface area contributed by atoms with E-state index < -0.39 is 11.9 Å². The molecule has 0 saturated heterocycles. The SMILES string of the molecule is CCn1nc(C)c(-c2ccc(C(=O)NCC(=O)O)cc2)c1C. The van der Waals surface area contributed by atoms with Gasteiger partial charge in [0.1, 0.15) is 6.54 Å². The van der Waals surface area contributed by atoms with Crippen LogP contribution in [-0.4, -0.2) is 33.3 Å². The number of amides is 1. The van der Waals surface area contributed by atoms with Gasteiger partial charge in [0, 0.05) is 23.4 Å². The molecular weight excluding hydrogens is 282 g/mol. The Balaban J connectivity index is 2.24. The number of aliphatic carboxylic acids is 1. The Labute approximate surface area is 128 Å². The summed E-state index contributed by atoms with van der Waals surface area (Å²) in [5, 5.41) is 15.4. The number of carboxylic acids is 1. The lowest BCUT2D eigenvalue weighted by Gasteiger charge is -2.06. The first-order chi connectivity index (χ1) is 10.4. The predicted octanol–water partition coefficient (Wildman–Crippen LogP) is 2.00. The van der Waals surface area contributed by atoms with Crippen LogP contribution in [0.25, 0.3) is 11.1 Å². The maximum Gasteiger partial charge on any atom is 0.322 e. The van der Waals surface area contributed by atoms with Crippen LogP contribution in [0.15, 0.2) is 24.3 Å². The summed E-state index contributed by atoms with van der Waals surface area (Å²) in [5.41, 5.74) is 4.53. The Hall–Kier alpha value is -2.63. The van der Waals surface area contributed by atoms with E-state index in [1.165, 1.54) is 0 Å².